The lowest BCUT2D eigenvalue weighted by atomic mass is 9.97. The van der Waals surface area contributed by atoms with Crippen molar-refractivity contribution in [3.8, 4) is 38.8 Å². The monoisotopic (exact) mass is 415 g/mol. The molecule has 5 heteroatoms. The van der Waals surface area contributed by atoms with Crippen LogP contribution in [0.5, 0.6) is 17.2 Å². The normalized spacial score (nSPS) is 11.2. The zero-order valence-corrected chi connectivity index (χ0v) is 17.8. The molecule has 0 fully saturated rings. The Hall–Kier alpha value is -3.44. The first-order chi connectivity index (χ1) is 14.7. The molecule has 0 unspecified atom stereocenters. The van der Waals surface area contributed by atoms with E-state index in [2.05, 4.69) is 53.5 Å². The molecule has 0 amide bonds. The molecular formula is C25H21NO3S. The third kappa shape index (κ3) is 3.08. The van der Waals surface area contributed by atoms with E-state index < -0.39 is 0 Å². The van der Waals surface area contributed by atoms with Crippen LogP contribution in [0.4, 0.5) is 0 Å². The first-order valence-electron chi connectivity index (χ1n) is 9.61. The van der Waals surface area contributed by atoms with Gasteiger partial charge in [0.1, 0.15) is 17.2 Å². The summed E-state index contributed by atoms with van der Waals surface area (Å²) >= 11 is 1.76. The summed E-state index contributed by atoms with van der Waals surface area (Å²) < 4.78 is 17.8. The van der Waals surface area contributed by atoms with Crippen molar-refractivity contribution in [2.75, 3.05) is 21.3 Å². The van der Waals surface area contributed by atoms with E-state index in [0.717, 1.165) is 33.9 Å². The predicted octanol–water partition coefficient (Wildman–Crippen LogP) is 6.74. The second-order valence-corrected chi connectivity index (χ2v) is 8.10. The highest BCUT2D eigenvalue weighted by molar-refractivity contribution is 7.23. The van der Waals surface area contributed by atoms with Crippen LogP contribution in [0, 0.1) is 0 Å². The quantitative estimate of drug-likeness (QED) is 0.346. The Kier molecular flexibility index (Phi) is 4.60. The lowest BCUT2D eigenvalue weighted by Crippen LogP contribution is -1.89. The number of aromatic nitrogens is 1. The number of hydrogen-bond acceptors (Lipinski definition) is 4. The standard InChI is InChI=1S/C25H21NO3S/c1-27-18-6-7-23-21(14-18)24(16-5-4-15-8-9-26-22(15)12-16)25(30-23)17-10-19(28-2)13-20(11-17)29-3/h4-14,26H,1-3H3. The number of benzene rings is 3. The summed E-state index contributed by atoms with van der Waals surface area (Å²) in [5.41, 5.74) is 4.51. The molecule has 0 aliphatic carbocycles. The molecule has 0 aliphatic heterocycles. The number of aromatic amines is 1. The fourth-order valence-electron chi connectivity index (χ4n) is 3.84. The minimum absolute atomic E-state index is 0.769. The summed E-state index contributed by atoms with van der Waals surface area (Å²) in [4.78, 5) is 4.49. The van der Waals surface area contributed by atoms with Gasteiger partial charge in [-0.3, -0.25) is 0 Å². The first kappa shape index (κ1) is 18.6. The van der Waals surface area contributed by atoms with Gasteiger partial charge in [-0.25, -0.2) is 0 Å². The second kappa shape index (κ2) is 7.43. The fraction of sp³-hybridized carbons (Fsp3) is 0.120. The molecule has 0 atom stereocenters. The van der Waals surface area contributed by atoms with Gasteiger partial charge in [0.05, 0.1) is 21.3 Å². The van der Waals surface area contributed by atoms with Crippen molar-refractivity contribution in [3.05, 3.63) is 66.9 Å². The number of rotatable bonds is 5. The number of thiophene rings is 1. The summed E-state index contributed by atoms with van der Waals surface area (Å²) in [6, 6.07) is 20.9. The highest BCUT2D eigenvalue weighted by Gasteiger charge is 2.18. The molecule has 5 rings (SSSR count). The van der Waals surface area contributed by atoms with E-state index in [4.69, 9.17) is 14.2 Å². The first-order valence-corrected chi connectivity index (χ1v) is 10.4. The van der Waals surface area contributed by atoms with Gasteiger partial charge < -0.3 is 19.2 Å². The Balaban J connectivity index is 1.83. The maximum absolute atomic E-state index is 5.52. The zero-order chi connectivity index (χ0) is 20.7. The Morgan fingerprint density at radius 3 is 2.20 bits per heavy atom. The van der Waals surface area contributed by atoms with E-state index in [1.54, 1.807) is 32.7 Å². The molecule has 1 N–H and O–H groups in total. The van der Waals surface area contributed by atoms with Gasteiger partial charge in [-0.2, -0.15) is 0 Å². The molecule has 5 aromatic rings. The summed E-state index contributed by atoms with van der Waals surface area (Å²) in [6.45, 7) is 0. The summed E-state index contributed by atoms with van der Waals surface area (Å²) in [5.74, 6) is 2.38. The molecule has 0 spiro atoms. The minimum Gasteiger partial charge on any atom is -0.497 e. The maximum Gasteiger partial charge on any atom is 0.123 e. The van der Waals surface area contributed by atoms with Gasteiger partial charge in [0.15, 0.2) is 0 Å². The number of nitrogens with one attached hydrogen (secondary N) is 1. The highest BCUT2D eigenvalue weighted by Crippen LogP contribution is 2.47. The Morgan fingerprint density at radius 2 is 1.47 bits per heavy atom. The van der Waals surface area contributed by atoms with Crippen LogP contribution in [0.1, 0.15) is 0 Å². The highest BCUT2D eigenvalue weighted by atomic mass is 32.1. The van der Waals surface area contributed by atoms with Gasteiger partial charge in [0, 0.05) is 38.3 Å². The van der Waals surface area contributed by atoms with Crippen molar-refractivity contribution >= 4 is 32.3 Å². The lowest BCUT2D eigenvalue weighted by Gasteiger charge is -2.10. The fourth-order valence-corrected chi connectivity index (χ4v) is 5.03. The SMILES string of the molecule is COc1cc(OC)cc(-c2sc3ccc(OC)cc3c2-c2ccc3cc[nH]c3c2)c1. The Morgan fingerprint density at radius 1 is 0.700 bits per heavy atom. The van der Waals surface area contributed by atoms with E-state index in [1.807, 2.05) is 18.3 Å². The van der Waals surface area contributed by atoms with Crippen LogP contribution in [0.2, 0.25) is 0 Å². The van der Waals surface area contributed by atoms with E-state index in [0.29, 0.717) is 0 Å². The van der Waals surface area contributed by atoms with Crippen LogP contribution in [-0.2, 0) is 0 Å². The van der Waals surface area contributed by atoms with E-state index in [1.165, 1.54) is 25.9 Å². The molecule has 2 heterocycles. The molecule has 150 valence electrons. The van der Waals surface area contributed by atoms with Crippen molar-refractivity contribution in [2.24, 2.45) is 0 Å². The van der Waals surface area contributed by atoms with Crippen LogP contribution in [-0.4, -0.2) is 26.3 Å². The average Bonchev–Trinajstić information content (AvgIpc) is 3.41. The molecule has 0 saturated carbocycles. The molecule has 2 aromatic heterocycles. The zero-order valence-electron chi connectivity index (χ0n) is 17.0. The van der Waals surface area contributed by atoms with Gasteiger partial charge in [0.2, 0.25) is 0 Å². The molecule has 4 nitrogen and oxygen atoms in total. The summed E-state index contributed by atoms with van der Waals surface area (Å²) in [6.07, 6.45) is 1.97. The van der Waals surface area contributed by atoms with Gasteiger partial charge in [0.25, 0.3) is 0 Å². The Bertz CT molecular complexity index is 1340. The molecule has 0 aliphatic rings. The number of H-pyrrole nitrogens is 1. The van der Waals surface area contributed by atoms with Crippen LogP contribution in [0.25, 0.3) is 42.6 Å². The van der Waals surface area contributed by atoms with E-state index in [9.17, 15) is 0 Å². The number of fused-ring (bicyclic) bond motifs is 2. The van der Waals surface area contributed by atoms with Crippen LogP contribution in [0.3, 0.4) is 0 Å². The summed E-state index contributed by atoms with van der Waals surface area (Å²) in [7, 11) is 5.05. The van der Waals surface area contributed by atoms with Crippen LogP contribution >= 0.6 is 11.3 Å². The van der Waals surface area contributed by atoms with Crippen molar-refractivity contribution in [1.82, 2.24) is 4.98 Å². The number of methoxy groups -OCH3 is 3. The van der Waals surface area contributed by atoms with Crippen molar-refractivity contribution < 1.29 is 14.2 Å². The molecule has 30 heavy (non-hydrogen) atoms. The lowest BCUT2D eigenvalue weighted by molar-refractivity contribution is 0.394. The predicted molar refractivity (Wildman–Crippen MR) is 124 cm³/mol. The molecule has 0 bridgehead atoms. The van der Waals surface area contributed by atoms with Gasteiger partial charge in [-0.15, -0.1) is 11.3 Å². The van der Waals surface area contributed by atoms with E-state index >= 15 is 0 Å². The van der Waals surface area contributed by atoms with Crippen molar-refractivity contribution in [3.63, 3.8) is 0 Å². The third-order valence-electron chi connectivity index (χ3n) is 5.35. The smallest absolute Gasteiger partial charge is 0.123 e. The average molecular weight is 416 g/mol. The van der Waals surface area contributed by atoms with Crippen molar-refractivity contribution in [1.29, 1.82) is 0 Å². The second-order valence-electron chi connectivity index (χ2n) is 7.05. The van der Waals surface area contributed by atoms with Crippen LogP contribution in [0.15, 0.2) is 66.9 Å². The Labute approximate surface area is 178 Å². The molecule has 0 radical (unpaired) electrons. The van der Waals surface area contributed by atoms with Gasteiger partial charge in [-0.1, -0.05) is 12.1 Å². The van der Waals surface area contributed by atoms with Gasteiger partial charge in [-0.05, 0) is 59.0 Å². The number of hydrogen-bond donors (Lipinski definition) is 1. The van der Waals surface area contributed by atoms with Crippen LogP contribution < -0.4 is 14.2 Å². The maximum atomic E-state index is 5.52. The largest absolute Gasteiger partial charge is 0.497 e. The van der Waals surface area contributed by atoms with Gasteiger partial charge >= 0.3 is 0 Å². The molecule has 3 aromatic carbocycles. The van der Waals surface area contributed by atoms with Crippen molar-refractivity contribution in [2.45, 2.75) is 0 Å². The van der Waals surface area contributed by atoms with E-state index in [-0.39, 0.29) is 0 Å². The molecular weight excluding hydrogens is 394 g/mol. The minimum atomic E-state index is 0.769. The number of ether oxygens (including phenoxy) is 3. The topological polar surface area (TPSA) is 43.5 Å². The molecule has 0 saturated heterocycles. The third-order valence-corrected chi connectivity index (χ3v) is 6.57. The summed E-state index contributed by atoms with van der Waals surface area (Å²) in [5, 5.41) is 2.36.